The van der Waals surface area contributed by atoms with Crippen molar-refractivity contribution in [2.24, 2.45) is 0 Å². The molecular formula is C66H62O18. The Bertz CT molecular complexity index is 3500. The molecule has 6 aromatic carbocycles. The standard InChI is InChI=1S/C28H24O6.C21H20O5.C17H18O7/c1-19(2)28(30)32-16-15-31-24-9-4-21(5-10-24)22-6-11-25(12-7-22)33-18-20-3-13-26-23(17-20)8-14-27(29)34-26;1-15(2)21(24)26-14-13-25-19-10-8-18(9-11-19)17-6-3-16(4-7-17)5-12-20(22)23;1-12(11-16(20)22-2)17(21)24-10-9-23-14-6-3-13(4-7-14)5-8-15(18)19/h3-14,17H,1,15-16,18H2,2H3;3-12H,1,13-14H2,2H3,(H,22,23);3-8H,1,9-11H2,2H3,(H,18,19)/b;12-5+;8-5+. The van der Waals surface area contributed by atoms with Gasteiger partial charge < -0.3 is 52.5 Å². The zero-order valence-electron chi connectivity index (χ0n) is 46.4. The number of carboxylic acids is 2. The molecule has 0 amide bonds. The topological polar surface area (TPSA) is 247 Å². The third kappa shape index (κ3) is 23.1. The van der Waals surface area contributed by atoms with Crippen molar-refractivity contribution >= 4 is 58.9 Å². The smallest absolute Gasteiger partial charge is 0.336 e. The van der Waals surface area contributed by atoms with E-state index >= 15 is 0 Å². The summed E-state index contributed by atoms with van der Waals surface area (Å²) >= 11 is 0. The largest absolute Gasteiger partial charge is 0.490 e. The minimum absolute atomic E-state index is 0.000303. The van der Waals surface area contributed by atoms with Crippen molar-refractivity contribution in [3.8, 4) is 45.3 Å². The first-order chi connectivity index (χ1) is 40.3. The van der Waals surface area contributed by atoms with E-state index in [0.717, 1.165) is 62.2 Å². The van der Waals surface area contributed by atoms with Gasteiger partial charge in [-0.3, -0.25) is 4.79 Å². The molecule has 0 spiro atoms. The number of fused-ring (bicyclic) bond motifs is 1. The van der Waals surface area contributed by atoms with Crippen LogP contribution in [0.5, 0.6) is 23.0 Å². The van der Waals surface area contributed by atoms with E-state index in [9.17, 15) is 33.6 Å². The van der Waals surface area contributed by atoms with E-state index in [1.807, 2.05) is 109 Å². The number of methoxy groups -OCH3 is 1. The summed E-state index contributed by atoms with van der Waals surface area (Å²) in [5.41, 5.74) is 7.58. The molecule has 0 aliphatic carbocycles. The molecule has 0 aliphatic rings. The number of carboxylic acid groups (broad SMARTS) is 2. The average molecular weight is 1140 g/mol. The van der Waals surface area contributed by atoms with E-state index in [4.69, 9.17) is 47.8 Å². The van der Waals surface area contributed by atoms with Crippen molar-refractivity contribution in [2.75, 3.05) is 46.8 Å². The minimum atomic E-state index is -1.02. The zero-order valence-corrected chi connectivity index (χ0v) is 46.4. The summed E-state index contributed by atoms with van der Waals surface area (Å²) in [5, 5.41) is 18.0. The number of benzene rings is 6. The second kappa shape index (κ2) is 33.7. The number of hydrogen-bond acceptors (Lipinski definition) is 16. The van der Waals surface area contributed by atoms with Crippen molar-refractivity contribution in [2.45, 2.75) is 26.9 Å². The SMILES string of the molecule is C=C(C)C(=O)OCCOc1ccc(-c2ccc(/C=C/C(=O)O)cc2)cc1.C=C(C)C(=O)OCCOc1ccc(-c2ccc(OCc3ccc4oc(=O)ccc4c3)cc2)cc1.C=C(CC(=O)OC)C(=O)OCCOc1ccc(/C=C/C(=O)O)cc1. The fourth-order valence-electron chi connectivity index (χ4n) is 6.95. The van der Waals surface area contributed by atoms with Crippen LogP contribution in [0.4, 0.5) is 0 Å². The van der Waals surface area contributed by atoms with E-state index in [1.165, 1.54) is 19.3 Å². The molecule has 1 heterocycles. The number of hydrogen-bond donors (Lipinski definition) is 2. The van der Waals surface area contributed by atoms with Gasteiger partial charge in [0.15, 0.2) is 0 Å². The van der Waals surface area contributed by atoms with Crippen LogP contribution in [0.25, 0.3) is 45.4 Å². The molecule has 0 saturated heterocycles. The number of rotatable bonds is 26. The summed E-state index contributed by atoms with van der Waals surface area (Å²) in [6.07, 6.45) is 4.93. The molecule has 7 rings (SSSR count). The summed E-state index contributed by atoms with van der Waals surface area (Å²) in [7, 11) is 1.22. The predicted octanol–water partition coefficient (Wildman–Crippen LogP) is 11.3. The summed E-state index contributed by atoms with van der Waals surface area (Å²) in [4.78, 5) is 77.4. The molecule has 0 aliphatic heterocycles. The van der Waals surface area contributed by atoms with Crippen LogP contribution in [-0.2, 0) is 54.3 Å². The van der Waals surface area contributed by atoms with E-state index in [2.05, 4.69) is 24.5 Å². The molecule has 84 heavy (non-hydrogen) atoms. The van der Waals surface area contributed by atoms with Gasteiger partial charge in [-0.2, -0.15) is 0 Å². The number of ether oxygens (including phenoxy) is 8. The molecule has 0 unspecified atom stereocenters. The molecule has 0 atom stereocenters. The fourth-order valence-corrected chi connectivity index (χ4v) is 6.95. The first kappa shape index (κ1) is 64.1. The molecule has 434 valence electrons. The Hall–Kier alpha value is -10.8. The highest BCUT2D eigenvalue weighted by atomic mass is 16.6. The highest BCUT2D eigenvalue weighted by Crippen LogP contribution is 2.27. The number of aliphatic carboxylic acids is 2. The van der Waals surface area contributed by atoms with Gasteiger partial charge in [0, 0.05) is 40.3 Å². The van der Waals surface area contributed by atoms with Crippen LogP contribution in [0.3, 0.4) is 0 Å². The summed E-state index contributed by atoms with van der Waals surface area (Å²) in [5.74, 6) is -1.40. The van der Waals surface area contributed by atoms with Crippen molar-refractivity contribution in [1.82, 2.24) is 0 Å². The van der Waals surface area contributed by atoms with Crippen LogP contribution >= 0.6 is 0 Å². The Morgan fingerprint density at radius 3 is 1.26 bits per heavy atom. The Kier molecular flexibility index (Phi) is 25.7. The van der Waals surface area contributed by atoms with Crippen LogP contribution < -0.4 is 24.6 Å². The fraction of sp³-hybridized carbons (Fsp3) is 0.167. The van der Waals surface area contributed by atoms with Crippen LogP contribution in [0, 0.1) is 0 Å². The molecule has 0 bridgehead atoms. The number of esters is 4. The van der Waals surface area contributed by atoms with Crippen molar-refractivity contribution in [3.05, 3.63) is 227 Å². The van der Waals surface area contributed by atoms with E-state index in [0.29, 0.717) is 40.6 Å². The van der Waals surface area contributed by atoms with Gasteiger partial charge in [0.1, 0.15) is 74.8 Å². The molecule has 0 radical (unpaired) electrons. The van der Waals surface area contributed by atoms with Crippen LogP contribution in [-0.4, -0.2) is 92.8 Å². The van der Waals surface area contributed by atoms with Gasteiger partial charge in [-0.15, -0.1) is 0 Å². The van der Waals surface area contributed by atoms with Crippen LogP contribution in [0.2, 0.25) is 0 Å². The lowest BCUT2D eigenvalue weighted by atomic mass is 10.0. The lowest BCUT2D eigenvalue weighted by Crippen LogP contribution is -2.15. The second-order valence-electron chi connectivity index (χ2n) is 17.9. The average Bonchev–Trinajstić information content (AvgIpc) is 3.64. The van der Waals surface area contributed by atoms with E-state index in [1.54, 1.807) is 56.3 Å². The van der Waals surface area contributed by atoms with Gasteiger partial charge in [-0.25, -0.2) is 28.8 Å². The molecule has 18 nitrogen and oxygen atoms in total. The number of carbonyl (C=O) groups excluding carboxylic acids is 4. The Morgan fingerprint density at radius 2 is 0.857 bits per heavy atom. The maximum atomic E-state index is 11.5. The first-order valence-corrected chi connectivity index (χ1v) is 25.8. The maximum absolute atomic E-state index is 11.5. The molecule has 0 saturated carbocycles. The van der Waals surface area contributed by atoms with E-state index < -0.39 is 35.8 Å². The summed E-state index contributed by atoms with van der Waals surface area (Å²) in [6, 6.07) is 46.1. The van der Waals surface area contributed by atoms with Gasteiger partial charge in [-0.05, 0) is 132 Å². The molecule has 7 aromatic rings. The highest BCUT2D eigenvalue weighted by molar-refractivity contribution is 5.93. The monoisotopic (exact) mass is 1140 g/mol. The third-order valence-electron chi connectivity index (χ3n) is 11.3. The molecular weight excluding hydrogens is 1080 g/mol. The molecule has 2 N–H and O–H groups in total. The molecule has 1 aromatic heterocycles. The van der Waals surface area contributed by atoms with Gasteiger partial charge in [0.05, 0.1) is 13.5 Å². The van der Waals surface area contributed by atoms with Crippen molar-refractivity contribution in [3.63, 3.8) is 0 Å². The molecule has 0 fully saturated rings. The summed E-state index contributed by atoms with van der Waals surface area (Å²) in [6.45, 7) is 15.1. The second-order valence-corrected chi connectivity index (χ2v) is 17.9. The van der Waals surface area contributed by atoms with Crippen LogP contribution in [0.15, 0.2) is 209 Å². The zero-order chi connectivity index (χ0) is 60.8. The van der Waals surface area contributed by atoms with Crippen molar-refractivity contribution in [1.29, 1.82) is 0 Å². The van der Waals surface area contributed by atoms with Crippen LogP contribution in [0.1, 0.15) is 37.0 Å². The first-order valence-electron chi connectivity index (χ1n) is 25.8. The van der Waals surface area contributed by atoms with E-state index in [-0.39, 0.29) is 57.3 Å². The van der Waals surface area contributed by atoms with Crippen molar-refractivity contribution < 1.29 is 81.3 Å². The molecule has 18 heteroatoms. The normalized spacial score (nSPS) is 10.5. The highest BCUT2D eigenvalue weighted by Gasteiger charge is 2.14. The minimum Gasteiger partial charge on any atom is -0.490 e. The third-order valence-corrected chi connectivity index (χ3v) is 11.3. The maximum Gasteiger partial charge on any atom is 0.336 e. The lowest BCUT2D eigenvalue weighted by Gasteiger charge is -2.10. The predicted molar refractivity (Wildman–Crippen MR) is 315 cm³/mol. The summed E-state index contributed by atoms with van der Waals surface area (Å²) < 4.78 is 46.9. The van der Waals surface area contributed by atoms with Gasteiger partial charge in [0.25, 0.3) is 0 Å². The van der Waals surface area contributed by atoms with Gasteiger partial charge in [-0.1, -0.05) is 98.6 Å². The lowest BCUT2D eigenvalue weighted by molar-refractivity contribution is -0.144. The number of carbonyl (C=O) groups is 6. The van der Waals surface area contributed by atoms with Gasteiger partial charge >= 0.3 is 41.4 Å². The Balaban J connectivity index is 0.000000235. The Labute approximate surface area is 484 Å². The van der Waals surface area contributed by atoms with Gasteiger partial charge in [0.2, 0.25) is 0 Å². The Morgan fingerprint density at radius 1 is 0.476 bits per heavy atom. The quantitative estimate of drug-likeness (QED) is 0.0168.